The second kappa shape index (κ2) is 6.53. The lowest BCUT2D eigenvalue weighted by Gasteiger charge is -2.12. The third kappa shape index (κ3) is 3.89. The molecule has 1 N–H and O–H groups in total. The van der Waals surface area contributed by atoms with Crippen LogP contribution in [0.3, 0.4) is 0 Å². The SMILES string of the molecule is C=C(OC(=C)c1ccc(NC(=O)C2CC2)cc1)c1ccccc1. The van der Waals surface area contributed by atoms with Crippen molar-refractivity contribution < 1.29 is 9.53 Å². The molecule has 0 bridgehead atoms. The molecule has 23 heavy (non-hydrogen) atoms. The highest BCUT2D eigenvalue weighted by molar-refractivity contribution is 5.94. The first-order chi connectivity index (χ1) is 11.1. The predicted octanol–water partition coefficient (Wildman–Crippen LogP) is 4.69. The van der Waals surface area contributed by atoms with Gasteiger partial charge in [0.2, 0.25) is 5.91 Å². The summed E-state index contributed by atoms with van der Waals surface area (Å²) >= 11 is 0. The minimum absolute atomic E-state index is 0.102. The van der Waals surface area contributed by atoms with E-state index >= 15 is 0 Å². The average molecular weight is 305 g/mol. The first-order valence-electron chi connectivity index (χ1n) is 7.66. The monoisotopic (exact) mass is 305 g/mol. The summed E-state index contributed by atoms with van der Waals surface area (Å²) in [6.45, 7) is 7.88. The van der Waals surface area contributed by atoms with Gasteiger partial charge in [0.25, 0.3) is 0 Å². The lowest BCUT2D eigenvalue weighted by atomic mass is 10.1. The van der Waals surface area contributed by atoms with Crippen LogP contribution in [0.25, 0.3) is 11.5 Å². The van der Waals surface area contributed by atoms with Crippen LogP contribution in [-0.4, -0.2) is 5.91 Å². The smallest absolute Gasteiger partial charge is 0.227 e. The number of rotatable bonds is 6. The van der Waals surface area contributed by atoms with Gasteiger partial charge in [-0.15, -0.1) is 0 Å². The zero-order valence-electron chi connectivity index (χ0n) is 12.9. The topological polar surface area (TPSA) is 38.3 Å². The summed E-state index contributed by atoms with van der Waals surface area (Å²) in [5, 5.41) is 2.91. The number of nitrogens with one attached hydrogen (secondary N) is 1. The van der Waals surface area contributed by atoms with E-state index in [4.69, 9.17) is 4.74 Å². The van der Waals surface area contributed by atoms with Crippen molar-refractivity contribution in [2.75, 3.05) is 5.32 Å². The van der Waals surface area contributed by atoms with Crippen LogP contribution >= 0.6 is 0 Å². The van der Waals surface area contributed by atoms with Crippen molar-refractivity contribution >= 4 is 23.1 Å². The van der Waals surface area contributed by atoms with Crippen LogP contribution in [0.4, 0.5) is 5.69 Å². The summed E-state index contributed by atoms with van der Waals surface area (Å²) in [6, 6.07) is 17.2. The molecule has 0 atom stereocenters. The molecule has 0 unspecified atom stereocenters. The molecule has 116 valence electrons. The molecule has 0 radical (unpaired) electrons. The van der Waals surface area contributed by atoms with Gasteiger partial charge in [0.05, 0.1) is 0 Å². The Bertz CT molecular complexity index is 728. The highest BCUT2D eigenvalue weighted by atomic mass is 16.5. The fourth-order valence-corrected chi connectivity index (χ4v) is 2.22. The minimum Gasteiger partial charge on any atom is -0.457 e. The Morgan fingerprint density at radius 1 is 0.913 bits per heavy atom. The number of amides is 1. The van der Waals surface area contributed by atoms with Crippen molar-refractivity contribution in [3.05, 3.63) is 78.9 Å². The Hall–Kier alpha value is -2.81. The van der Waals surface area contributed by atoms with Gasteiger partial charge >= 0.3 is 0 Å². The van der Waals surface area contributed by atoms with Crippen molar-refractivity contribution in [3.63, 3.8) is 0 Å². The number of ether oxygens (including phenoxy) is 1. The molecule has 1 aliphatic rings. The van der Waals surface area contributed by atoms with Gasteiger partial charge in [-0.25, -0.2) is 0 Å². The Morgan fingerprint density at radius 2 is 1.48 bits per heavy atom. The van der Waals surface area contributed by atoms with Gasteiger partial charge < -0.3 is 10.1 Å². The number of carbonyl (C=O) groups excluding carboxylic acids is 1. The molecule has 2 aromatic rings. The molecule has 0 aromatic heterocycles. The van der Waals surface area contributed by atoms with Crippen LogP contribution in [0.2, 0.25) is 0 Å². The fraction of sp³-hybridized carbons (Fsp3) is 0.150. The standard InChI is InChI=1S/C20H19NO2/c1-14(16-6-4-3-5-7-16)23-15(2)17-10-12-19(13-11-17)21-20(22)18-8-9-18/h3-7,10-13,18H,1-2,8-9H2,(H,21,22). The van der Waals surface area contributed by atoms with Crippen molar-refractivity contribution in [2.24, 2.45) is 5.92 Å². The summed E-state index contributed by atoms with van der Waals surface area (Å²) in [7, 11) is 0. The van der Waals surface area contributed by atoms with E-state index in [1.54, 1.807) is 0 Å². The third-order valence-electron chi connectivity index (χ3n) is 3.76. The molecule has 0 aliphatic heterocycles. The van der Waals surface area contributed by atoms with Gasteiger partial charge in [-0.3, -0.25) is 4.79 Å². The summed E-state index contributed by atoms with van der Waals surface area (Å²) in [5.74, 6) is 1.38. The second-order valence-corrected chi connectivity index (χ2v) is 5.66. The van der Waals surface area contributed by atoms with Crippen molar-refractivity contribution in [1.29, 1.82) is 0 Å². The predicted molar refractivity (Wildman–Crippen MR) is 93.4 cm³/mol. The Kier molecular flexibility index (Phi) is 4.29. The van der Waals surface area contributed by atoms with Crippen LogP contribution in [-0.2, 0) is 9.53 Å². The number of carbonyl (C=O) groups is 1. The maximum Gasteiger partial charge on any atom is 0.227 e. The molecule has 1 saturated carbocycles. The van der Waals surface area contributed by atoms with E-state index in [9.17, 15) is 4.79 Å². The molecule has 0 saturated heterocycles. The highest BCUT2D eigenvalue weighted by Gasteiger charge is 2.29. The van der Waals surface area contributed by atoms with Crippen LogP contribution in [0.5, 0.6) is 0 Å². The quantitative estimate of drug-likeness (QED) is 0.786. The van der Waals surface area contributed by atoms with Crippen LogP contribution in [0, 0.1) is 5.92 Å². The summed E-state index contributed by atoms with van der Waals surface area (Å²) in [5.41, 5.74) is 2.56. The summed E-state index contributed by atoms with van der Waals surface area (Å²) in [4.78, 5) is 11.7. The van der Waals surface area contributed by atoms with Crippen LogP contribution in [0.1, 0.15) is 24.0 Å². The number of anilines is 1. The van der Waals surface area contributed by atoms with Gasteiger partial charge in [-0.1, -0.05) is 43.5 Å². The maximum atomic E-state index is 11.7. The largest absolute Gasteiger partial charge is 0.457 e. The van der Waals surface area contributed by atoms with E-state index in [1.165, 1.54) is 0 Å². The Labute approximate surface area is 136 Å². The van der Waals surface area contributed by atoms with E-state index in [-0.39, 0.29) is 11.8 Å². The van der Waals surface area contributed by atoms with Crippen molar-refractivity contribution in [1.82, 2.24) is 0 Å². The molecule has 0 heterocycles. The number of benzene rings is 2. The van der Waals surface area contributed by atoms with Crippen LogP contribution < -0.4 is 5.32 Å². The first kappa shape index (κ1) is 15.1. The molecule has 3 rings (SSSR count). The molecular weight excluding hydrogens is 286 g/mol. The highest BCUT2D eigenvalue weighted by Crippen LogP contribution is 2.30. The molecule has 1 fully saturated rings. The molecule has 3 nitrogen and oxygen atoms in total. The van der Waals surface area contributed by atoms with E-state index in [0.717, 1.165) is 29.7 Å². The summed E-state index contributed by atoms with van der Waals surface area (Å²) < 4.78 is 5.72. The zero-order valence-corrected chi connectivity index (χ0v) is 12.9. The fourth-order valence-electron chi connectivity index (χ4n) is 2.22. The van der Waals surface area contributed by atoms with E-state index < -0.39 is 0 Å². The summed E-state index contributed by atoms with van der Waals surface area (Å²) in [6.07, 6.45) is 1.99. The van der Waals surface area contributed by atoms with E-state index in [2.05, 4.69) is 18.5 Å². The number of hydrogen-bond acceptors (Lipinski definition) is 2. The first-order valence-corrected chi connectivity index (χ1v) is 7.66. The Balaban J connectivity index is 1.61. The van der Waals surface area contributed by atoms with Gasteiger partial charge in [-0.05, 0) is 37.1 Å². The zero-order chi connectivity index (χ0) is 16.2. The van der Waals surface area contributed by atoms with Crippen molar-refractivity contribution in [3.8, 4) is 0 Å². The van der Waals surface area contributed by atoms with Gasteiger partial charge in [-0.2, -0.15) is 0 Å². The Morgan fingerprint density at radius 3 is 2.04 bits per heavy atom. The second-order valence-electron chi connectivity index (χ2n) is 5.66. The van der Waals surface area contributed by atoms with Gasteiger partial charge in [0.1, 0.15) is 11.5 Å². The van der Waals surface area contributed by atoms with Gasteiger partial charge in [0.15, 0.2) is 0 Å². The third-order valence-corrected chi connectivity index (χ3v) is 3.76. The molecular formula is C20H19NO2. The van der Waals surface area contributed by atoms with E-state index in [0.29, 0.717) is 11.5 Å². The lowest BCUT2D eigenvalue weighted by molar-refractivity contribution is -0.117. The minimum atomic E-state index is 0.102. The maximum absolute atomic E-state index is 11.7. The number of hydrogen-bond donors (Lipinski definition) is 1. The van der Waals surface area contributed by atoms with Crippen molar-refractivity contribution in [2.45, 2.75) is 12.8 Å². The van der Waals surface area contributed by atoms with E-state index in [1.807, 2.05) is 54.6 Å². The molecule has 1 amide bonds. The molecule has 0 spiro atoms. The molecule has 3 heteroatoms. The normalized spacial score (nSPS) is 13.2. The molecule has 1 aliphatic carbocycles. The lowest BCUT2D eigenvalue weighted by Crippen LogP contribution is -2.13. The van der Waals surface area contributed by atoms with Gasteiger partial charge in [0, 0.05) is 22.7 Å². The molecule has 2 aromatic carbocycles. The average Bonchev–Trinajstić information content (AvgIpc) is 3.41. The van der Waals surface area contributed by atoms with Crippen LogP contribution in [0.15, 0.2) is 67.8 Å².